The minimum absolute atomic E-state index is 1.01. The Morgan fingerprint density at radius 3 is 2.82 bits per heavy atom. The van der Waals surface area contributed by atoms with Crippen LogP contribution in [0.1, 0.15) is 26.7 Å². The van der Waals surface area contributed by atoms with Crippen LogP contribution in [0.15, 0.2) is 5.10 Å². The summed E-state index contributed by atoms with van der Waals surface area (Å²) in [6.45, 7) is 7.60. The summed E-state index contributed by atoms with van der Waals surface area (Å²) < 4.78 is 0. The van der Waals surface area contributed by atoms with E-state index in [-0.39, 0.29) is 0 Å². The summed E-state index contributed by atoms with van der Waals surface area (Å²) in [5.74, 6) is 1.23. The first-order chi connectivity index (χ1) is 5.38. The van der Waals surface area contributed by atoms with E-state index in [1.165, 1.54) is 12.3 Å². The molecule has 0 atom stereocenters. The Balaban J connectivity index is 2.40. The summed E-state index contributed by atoms with van der Waals surface area (Å²) in [6, 6.07) is 0. The molecule has 0 saturated carbocycles. The van der Waals surface area contributed by atoms with Gasteiger partial charge in [0.25, 0.3) is 0 Å². The molecular weight excluding hydrogens is 138 g/mol. The molecule has 0 radical (unpaired) electrons. The molecule has 0 bridgehead atoms. The zero-order valence-corrected chi connectivity index (χ0v) is 7.43. The predicted octanol–water partition coefficient (Wildman–Crippen LogP) is 1.03. The van der Waals surface area contributed by atoms with E-state index in [9.17, 15) is 0 Å². The number of rotatable bonds is 3. The largest absolute Gasteiger partial charge is 0.359 e. The highest BCUT2D eigenvalue weighted by Gasteiger charge is 2.11. The third-order valence-electron chi connectivity index (χ3n) is 1.91. The Kier molecular flexibility index (Phi) is 3.20. The van der Waals surface area contributed by atoms with Crippen LogP contribution in [0.5, 0.6) is 0 Å². The highest BCUT2D eigenvalue weighted by molar-refractivity contribution is 5.83. The van der Waals surface area contributed by atoms with Crippen molar-refractivity contribution >= 4 is 5.84 Å². The second-order valence-corrected chi connectivity index (χ2v) is 2.77. The van der Waals surface area contributed by atoms with Gasteiger partial charge < -0.3 is 10.3 Å². The van der Waals surface area contributed by atoms with Crippen LogP contribution in [0.4, 0.5) is 0 Å². The van der Waals surface area contributed by atoms with Crippen molar-refractivity contribution in [3.63, 3.8) is 0 Å². The van der Waals surface area contributed by atoms with Crippen LogP contribution in [0, 0.1) is 0 Å². The van der Waals surface area contributed by atoms with E-state index in [4.69, 9.17) is 0 Å². The zero-order chi connectivity index (χ0) is 8.10. The van der Waals surface area contributed by atoms with Gasteiger partial charge in [-0.3, -0.25) is 0 Å². The summed E-state index contributed by atoms with van der Waals surface area (Å²) in [4.78, 5) is 2.33. The van der Waals surface area contributed by atoms with Crippen LogP contribution >= 0.6 is 0 Å². The molecule has 0 aromatic rings. The second kappa shape index (κ2) is 4.21. The molecule has 0 fully saturated rings. The molecule has 1 rings (SSSR count). The van der Waals surface area contributed by atoms with Crippen LogP contribution < -0.4 is 5.43 Å². The highest BCUT2D eigenvalue weighted by Crippen LogP contribution is 2.01. The molecule has 0 unspecified atom stereocenters. The molecule has 1 aliphatic heterocycles. The third kappa shape index (κ3) is 2.10. The molecule has 3 nitrogen and oxygen atoms in total. The molecule has 0 spiro atoms. The topological polar surface area (TPSA) is 27.6 Å². The fourth-order valence-electron chi connectivity index (χ4n) is 1.34. The summed E-state index contributed by atoms with van der Waals surface area (Å²) in [6.07, 6.45) is 2.29. The summed E-state index contributed by atoms with van der Waals surface area (Å²) in [5, 5.41) is 4.22. The van der Waals surface area contributed by atoms with Gasteiger partial charge in [0.15, 0.2) is 0 Å². The first-order valence-electron chi connectivity index (χ1n) is 4.42. The molecule has 0 aromatic carbocycles. The van der Waals surface area contributed by atoms with E-state index in [0.29, 0.717) is 0 Å². The van der Waals surface area contributed by atoms with Gasteiger partial charge in [-0.25, -0.2) is 0 Å². The summed E-state index contributed by atoms with van der Waals surface area (Å²) in [7, 11) is 0. The molecule has 64 valence electrons. The predicted molar refractivity (Wildman–Crippen MR) is 47.6 cm³/mol. The standard InChI is InChI=1S/C8H17N3/c1-3-7-11(4-2)8-5-6-9-10-8/h9H,3-7H2,1-2H3. The molecule has 1 aliphatic rings. The van der Waals surface area contributed by atoms with Gasteiger partial charge in [0.2, 0.25) is 0 Å². The van der Waals surface area contributed by atoms with Crippen molar-refractivity contribution in [2.75, 3.05) is 19.6 Å². The summed E-state index contributed by atoms with van der Waals surface area (Å²) >= 11 is 0. The fraction of sp³-hybridized carbons (Fsp3) is 0.875. The van der Waals surface area contributed by atoms with Gasteiger partial charge in [0, 0.05) is 26.1 Å². The molecule has 0 aromatic heterocycles. The van der Waals surface area contributed by atoms with Crippen LogP contribution in [-0.4, -0.2) is 30.4 Å². The van der Waals surface area contributed by atoms with Gasteiger partial charge in [-0.2, -0.15) is 5.10 Å². The molecule has 0 saturated heterocycles. The lowest BCUT2D eigenvalue weighted by molar-refractivity contribution is 0.434. The molecule has 3 heteroatoms. The number of hydrogen-bond donors (Lipinski definition) is 1. The van der Waals surface area contributed by atoms with Gasteiger partial charge in [0.05, 0.1) is 0 Å². The third-order valence-corrected chi connectivity index (χ3v) is 1.91. The van der Waals surface area contributed by atoms with Crippen molar-refractivity contribution in [3.8, 4) is 0 Å². The molecule has 0 aliphatic carbocycles. The van der Waals surface area contributed by atoms with Crippen LogP contribution in [0.3, 0.4) is 0 Å². The highest BCUT2D eigenvalue weighted by atomic mass is 15.4. The number of amidine groups is 1. The van der Waals surface area contributed by atoms with E-state index in [1.807, 2.05) is 0 Å². The van der Waals surface area contributed by atoms with Crippen molar-refractivity contribution in [1.29, 1.82) is 0 Å². The SMILES string of the molecule is CCCN(CC)C1=NNCC1. The maximum absolute atomic E-state index is 4.22. The normalized spacial score (nSPS) is 16.0. The van der Waals surface area contributed by atoms with Crippen LogP contribution in [-0.2, 0) is 0 Å². The lowest BCUT2D eigenvalue weighted by Crippen LogP contribution is -2.30. The fourth-order valence-corrected chi connectivity index (χ4v) is 1.34. The van der Waals surface area contributed by atoms with Gasteiger partial charge >= 0.3 is 0 Å². The van der Waals surface area contributed by atoms with E-state index in [2.05, 4.69) is 29.3 Å². The maximum Gasteiger partial charge on any atom is 0.126 e. The molecule has 1 heterocycles. The van der Waals surface area contributed by atoms with Crippen LogP contribution in [0.25, 0.3) is 0 Å². The molecule has 11 heavy (non-hydrogen) atoms. The number of hydrazone groups is 1. The minimum atomic E-state index is 1.01. The van der Waals surface area contributed by atoms with Gasteiger partial charge in [-0.05, 0) is 13.3 Å². The first kappa shape index (κ1) is 8.37. The lowest BCUT2D eigenvalue weighted by Gasteiger charge is -2.20. The average molecular weight is 155 g/mol. The van der Waals surface area contributed by atoms with Gasteiger partial charge in [-0.1, -0.05) is 6.92 Å². The Bertz CT molecular complexity index is 142. The molecule has 1 N–H and O–H groups in total. The lowest BCUT2D eigenvalue weighted by atomic mass is 10.3. The van der Waals surface area contributed by atoms with Crippen molar-refractivity contribution in [3.05, 3.63) is 0 Å². The van der Waals surface area contributed by atoms with Crippen molar-refractivity contribution in [2.45, 2.75) is 26.7 Å². The Morgan fingerprint density at radius 2 is 2.36 bits per heavy atom. The molecular formula is C8H17N3. The quantitative estimate of drug-likeness (QED) is 0.659. The minimum Gasteiger partial charge on any atom is -0.359 e. The van der Waals surface area contributed by atoms with Crippen molar-refractivity contribution < 1.29 is 0 Å². The van der Waals surface area contributed by atoms with Gasteiger partial charge in [0.1, 0.15) is 5.84 Å². The Hall–Kier alpha value is -0.730. The van der Waals surface area contributed by atoms with Crippen molar-refractivity contribution in [1.82, 2.24) is 10.3 Å². The van der Waals surface area contributed by atoms with E-state index >= 15 is 0 Å². The molecule has 0 amide bonds. The van der Waals surface area contributed by atoms with Crippen LogP contribution in [0.2, 0.25) is 0 Å². The average Bonchev–Trinajstić information content (AvgIpc) is 2.52. The smallest absolute Gasteiger partial charge is 0.126 e. The maximum atomic E-state index is 4.22. The monoisotopic (exact) mass is 155 g/mol. The van der Waals surface area contributed by atoms with E-state index in [0.717, 1.165) is 26.1 Å². The number of nitrogens with zero attached hydrogens (tertiary/aromatic N) is 2. The van der Waals surface area contributed by atoms with E-state index < -0.39 is 0 Å². The summed E-state index contributed by atoms with van der Waals surface area (Å²) in [5.41, 5.74) is 2.99. The number of nitrogens with one attached hydrogen (secondary N) is 1. The van der Waals surface area contributed by atoms with Crippen molar-refractivity contribution in [2.24, 2.45) is 5.10 Å². The second-order valence-electron chi connectivity index (χ2n) is 2.77. The Morgan fingerprint density at radius 1 is 1.55 bits per heavy atom. The van der Waals surface area contributed by atoms with Gasteiger partial charge in [-0.15, -0.1) is 0 Å². The van der Waals surface area contributed by atoms with E-state index in [1.54, 1.807) is 0 Å². The first-order valence-corrected chi connectivity index (χ1v) is 4.42. The zero-order valence-electron chi connectivity index (χ0n) is 7.43. The Labute approximate surface area is 68.5 Å². The number of hydrogen-bond acceptors (Lipinski definition) is 3.